The molecule has 2 rings (SSSR count). The maximum atomic E-state index is 5.88. The van der Waals surface area contributed by atoms with E-state index in [1.54, 1.807) is 0 Å². The molecule has 0 bridgehead atoms. The zero-order valence-electron chi connectivity index (χ0n) is 11.6. The van der Waals surface area contributed by atoms with Crippen molar-refractivity contribution in [2.75, 3.05) is 0 Å². The highest BCUT2D eigenvalue weighted by atomic mass is 16.3. The summed E-state index contributed by atoms with van der Waals surface area (Å²) in [6, 6.07) is 6.62. The van der Waals surface area contributed by atoms with Crippen molar-refractivity contribution in [2.24, 2.45) is 5.92 Å². The molecule has 0 fully saturated rings. The Kier molecular flexibility index (Phi) is 3.90. The highest BCUT2D eigenvalue weighted by Gasteiger charge is 2.11. The molecule has 1 aromatic heterocycles. The zero-order valence-corrected chi connectivity index (χ0v) is 11.6. The Labute approximate surface area is 110 Å². The molecule has 0 N–H and O–H groups in total. The maximum absolute atomic E-state index is 5.88. The Morgan fingerprint density at radius 1 is 1.33 bits per heavy atom. The number of rotatable bonds is 5. The smallest absolute Gasteiger partial charge is 0.135 e. The molecule has 18 heavy (non-hydrogen) atoms. The number of furan rings is 1. The lowest BCUT2D eigenvalue weighted by Crippen LogP contribution is -1.97. The summed E-state index contributed by atoms with van der Waals surface area (Å²) in [6.45, 7) is 10.5. The Bertz CT molecular complexity index is 548. The lowest BCUT2D eigenvalue weighted by Gasteiger charge is -2.07. The summed E-state index contributed by atoms with van der Waals surface area (Å²) >= 11 is 0. The first-order valence-corrected chi connectivity index (χ1v) is 6.86. The Balaban J connectivity index is 2.43. The molecule has 0 aliphatic heterocycles. The van der Waals surface area contributed by atoms with Gasteiger partial charge in [-0.05, 0) is 36.5 Å². The molecule has 1 heteroatoms. The van der Waals surface area contributed by atoms with E-state index in [4.69, 9.17) is 4.42 Å². The second-order valence-corrected chi connectivity index (χ2v) is 5.05. The first kappa shape index (κ1) is 12.9. The number of benzene rings is 1. The first-order chi connectivity index (χ1) is 8.69. The second-order valence-electron chi connectivity index (χ2n) is 5.05. The second kappa shape index (κ2) is 5.43. The third kappa shape index (κ3) is 2.35. The van der Waals surface area contributed by atoms with Gasteiger partial charge in [0.05, 0.1) is 0 Å². The molecule has 1 unspecified atom stereocenters. The van der Waals surface area contributed by atoms with Crippen LogP contribution in [0.25, 0.3) is 17.0 Å². The average Bonchev–Trinajstić information content (AvgIpc) is 2.75. The molecule has 0 saturated heterocycles. The van der Waals surface area contributed by atoms with E-state index >= 15 is 0 Å². The van der Waals surface area contributed by atoms with Crippen LogP contribution in [0.5, 0.6) is 0 Å². The largest absolute Gasteiger partial charge is 0.456 e. The Hall–Kier alpha value is -1.50. The summed E-state index contributed by atoms with van der Waals surface area (Å²) in [5.41, 5.74) is 3.64. The lowest BCUT2D eigenvalue weighted by atomic mass is 9.97. The van der Waals surface area contributed by atoms with Crippen molar-refractivity contribution in [1.29, 1.82) is 0 Å². The predicted molar refractivity (Wildman–Crippen MR) is 78.8 cm³/mol. The van der Waals surface area contributed by atoms with Crippen molar-refractivity contribution >= 4 is 17.0 Å². The maximum Gasteiger partial charge on any atom is 0.135 e. The van der Waals surface area contributed by atoms with E-state index < -0.39 is 0 Å². The van der Waals surface area contributed by atoms with Gasteiger partial charge < -0.3 is 4.42 Å². The fourth-order valence-corrected chi connectivity index (χ4v) is 2.42. The Morgan fingerprint density at radius 3 is 2.72 bits per heavy atom. The van der Waals surface area contributed by atoms with Crippen LogP contribution in [0.3, 0.4) is 0 Å². The van der Waals surface area contributed by atoms with Gasteiger partial charge in [-0.15, -0.1) is 0 Å². The molecule has 0 amide bonds. The van der Waals surface area contributed by atoms with E-state index in [-0.39, 0.29) is 0 Å². The molecule has 0 aliphatic rings. The zero-order chi connectivity index (χ0) is 13.1. The predicted octanol–water partition coefficient (Wildman–Crippen LogP) is 5.23. The van der Waals surface area contributed by atoms with E-state index in [0.717, 1.165) is 30.1 Å². The van der Waals surface area contributed by atoms with Crippen molar-refractivity contribution in [3.63, 3.8) is 0 Å². The lowest BCUT2D eigenvalue weighted by molar-refractivity contribution is 0.558. The van der Waals surface area contributed by atoms with E-state index in [0.29, 0.717) is 0 Å². The highest BCUT2D eigenvalue weighted by molar-refractivity contribution is 5.85. The van der Waals surface area contributed by atoms with Crippen molar-refractivity contribution in [1.82, 2.24) is 0 Å². The normalized spacial score (nSPS) is 12.8. The third-order valence-electron chi connectivity index (χ3n) is 3.71. The molecular weight excluding hydrogens is 220 g/mol. The quantitative estimate of drug-likeness (QED) is 0.700. The van der Waals surface area contributed by atoms with Gasteiger partial charge in [0.2, 0.25) is 0 Å². The van der Waals surface area contributed by atoms with Crippen molar-refractivity contribution in [3.05, 3.63) is 41.7 Å². The Morgan fingerprint density at radius 2 is 2.11 bits per heavy atom. The van der Waals surface area contributed by atoms with Crippen LogP contribution in [0, 0.1) is 5.92 Å². The van der Waals surface area contributed by atoms with E-state index in [9.17, 15) is 0 Å². The standard InChI is InChI=1S/C17H22O/c1-5-12(4)10-13-8-9-15-14(6-2)16(7-3)18-17(15)11-13/h7-9,11-12H,3,5-6,10H2,1-2,4H3. The number of hydrogen-bond donors (Lipinski definition) is 0. The average molecular weight is 242 g/mol. The van der Waals surface area contributed by atoms with E-state index in [1.165, 1.54) is 22.9 Å². The van der Waals surface area contributed by atoms with Gasteiger partial charge in [0.1, 0.15) is 11.3 Å². The molecule has 1 aromatic carbocycles. The van der Waals surface area contributed by atoms with Gasteiger partial charge in [-0.25, -0.2) is 0 Å². The summed E-state index contributed by atoms with van der Waals surface area (Å²) in [5.74, 6) is 1.65. The summed E-state index contributed by atoms with van der Waals surface area (Å²) in [7, 11) is 0. The monoisotopic (exact) mass is 242 g/mol. The van der Waals surface area contributed by atoms with Crippen LogP contribution in [-0.2, 0) is 12.8 Å². The highest BCUT2D eigenvalue weighted by Crippen LogP contribution is 2.28. The number of fused-ring (bicyclic) bond motifs is 1. The van der Waals surface area contributed by atoms with E-state index in [2.05, 4.69) is 45.5 Å². The molecule has 0 aliphatic carbocycles. The number of aryl methyl sites for hydroxylation is 1. The van der Waals surface area contributed by atoms with Gasteiger partial charge in [0.25, 0.3) is 0 Å². The van der Waals surface area contributed by atoms with Crippen LogP contribution in [0.1, 0.15) is 44.1 Å². The van der Waals surface area contributed by atoms with Crippen molar-refractivity contribution < 1.29 is 4.42 Å². The van der Waals surface area contributed by atoms with Crippen LogP contribution in [0.4, 0.5) is 0 Å². The van der Waals surface area contributed by atoms with Crippen LogP contribution in [-0.4, -0.2) is 0 Å². The van der Waals surface area contributed by atoms with Crippen LogP contribution in [0.15, 0.2) is 29.2 Å². The molecule has 0 spiro atoms. The molecule has 0 radical (unpaired) electrons. The molecule has 96 valence electrons. The molecule has 1 heterocycles. The van der Waals surface area contributed by atoms with Crippen LogP contribution < -0.4 is 0 Å². The molecule has 2 aromatic rings. The van der Waals surface area contributed by atoms with Gasteiger partial charge in [0, 0.05) is 10.9 Å². The van der Waals surface area contributed by atoms with Crippen molar-refractivity contribution in [2.45, 2.75) is 40.0 Å². The van der Waals surface area contributed by atoms with Gasteiger partial charge in [-0.1, -0.05) is 45.9 Å². The summed E-state index contributed by atoms with van der Waals surface area (Å²) < 4.78 is 5.88. The van der Waals surface area contributed by atoms with Crippen molar-refractivity contribution in [3.8, 4) is 0 Å². The number of hydrogen-bond acceptors (Lipinski definition) is 1. The van der Waals surface area contributed by atoms with Gasteiger partial charge in [-0.2, -0.15) is 0 Å². The van der Waals surface area contributed by atoms with Gasteiger partial charge in [0.15, 0.2) is 0 Å². The molecule has 1 nitrogen and oxygen atoms in total. The fraction of sp³-hybridized carbons (Fsp3) is 0.412. The van der Waals surface area contributed by atoms with Gasteiger partial charge in [-0.3, -0.25) is 0 Å². The summed E-state index contributed by atoms with van der Waals surface area (Å²) in [6.07, 6.45) is 5.14. The van der Waals surface area contributed by atoms with Crippen LogP contribution in [0.2, 0.25) is 0 Å². The molecular formula is C17H22O. The summed E-state index contributed by atoms with van der Waals surface area (Å²) in [4.78, 5) is 0. The molecule has 1 atom stereocenters. The minimum Gasteiger partial charge on any atom is -0.456 e. The van der Waals surface area contributed by atoms with Crippen LogP contribution >= 0.6 is 0 Å². The minimum atomic E-state index is 0.724. The van der Waals surface area contributed by atoms with Gasteiger partial charge >= 0.3 is 0 Å². The summed E-state index contributed by atoms with van der Waals surface area (Å²) in [5, 5.41) is 1.24. The first-order valence-electron chi connectivity index (χ1n) is 6.86. The third-order valence-corrected chi connectivity index (χ3v) is 3.71. The molecule has 0 saturated carbocycles. The SMILES string of the molecule is C=Cc1oc2cc(CC(C)CC)ccc2c1CC. The van der Waals surface area contributed by atoms with E-state index in [1.807, 2.05) is 6.08 Å². The topological polar surface area (TPSA) is 13.1 Å². The minimum absolute atomic E-state index is 0.724. The fourth-order valence-electron chi connectivity index (χ4n) is 2.42.